The van der Waals surface area contributed by atoms with E-state index in [0.717, 1.165) is 25.3 Å². The third kappa shape index (κ3) is 5.28. The van der Waals surface area contributed by atoms with E-state index >= 15 is 0 Å². The first-order chi connectivity index (χ1) is 12.9. The van der Waals surface area contributed by atoms with E-state index in [4.69, 9.17) is 4.74 Å². The number of ether oxygens (including phenoxy) is 1. The standard InChI is InChI=1S/C21H27N3O3/c1-15-10-20(8-9-21(15)24(25)26)22-11-18-4-6-19(7-5-18)14-23-12-16(2)27-17(3)13-23/h4-10,16-17,22H,11-14H2,1-3H3. The van der Waals surface area contributed by atoms with Crippen molar-refractivity contribution in [3.63, 3.8) is 0 Å². The molecule has 6 nitrogen and oxygen atoms in total. The van der Waals surface area contributed by atoms with Gasteiger partial charge in [-0.3, -0.25) is 15.0 Å². The fourth-order valence-corrected chi connectivity index (χ4v) is 3.61. The lowest BCUT2D eigenvalue weighted by Crippen LogP contribution is -2.44. The maximum absolute atomic E-state index is 10.9. The Kier molecular flexibility index (Phi) is 6.08. The third-order valence-corrected chi connectivity index (χ3v) is 4.81. The van der Waals surface area contributed by atoms with Crippen LogP contribution in [-0.2, 0) is 17.8 Å². The normalized spacial score (nSPS) is 20.4. The Hall–Kier alpha value is -2.44. The van der Waals surface area contributed by atoms with Gasteiger partial charge in [0.25, 0.3) is 5.69 Å². The van der Waals surface area contributed by atoms with Gasteiger partial charge in [0.2, 0.25) is 0 Å². The van der Waals surface area contributed by atoms with E-state index in [1.807, 2.05) is 6.07 Å². The fraction of sp³-hybridized carbons (Fsp3) is 0.429. The summed E-state index contributed by atoms with van der Waals surface area (Å²) >= 11 is 0. The molecule has 1 saturated heterocycles. The van der Waals surface area contributed by atoms with Crippen LogP contribution in [0.3, 0.4) is 0 Å². The van der Waals surface area contributed by atoms with Gasteiger partial charge in [-0.15, -0.1) is 0 Å². The van der Waals surface area contributed by atoms with Crippen LogP contribution >= 0.6 is 0 Å². The zero-order chi connectivity index (χ0) is 19.4. The van der Waals surface area contributed by atoms with Crippen molar-refractivity contribution in [1.82, 2.24) is 4.90 Å². The van der Waals surface area contributed by atoms with Gasteiger partial charge in [0.15, 0.2) is 0 Å². The first-order valence-electron chi connectivity index (χ1n) is 9.35. The topological polar surface area (TPSA) is 67.6 Å². The Morgan fingerprint density at radius 3 is 2.33 bits per heavy atom. The zero-order valence-corrected chi connectivity index (χ0v) is 16.1. The van der Waals surface area contributed by atoms with Crippen LogP contribution in [0.25, 0.3) is 0 Å². The molecule has 0 aromatic heterocycles. The monoisotopic (exact) mass is 369 g/mol. The number of morpholine rings is 1. The zero-order valence-electron chi connectivity index (χ0n) is 16.1. The molecule has 0 radical (unpaired) electrons. The Labute approximate surface area is 160 Å². The number of nitrogens with one attached hydrogen (secondary N) is 1. The lowest BCUT2D eigenvalue weighted by atomic mass is 10.1. The molecule has 2 atom stereocenters. The van der Waals surface area contributed by atoms with E-state index in [1.54, 1.807) is 19.1 Å². The van der Waals surface area contributed by atoms with E-state index in [9.17, 15) is 10.1 Å². The molecular formula is C21H27N3O3. The van der Waals surface area contributed by atoms with Gasteiger partial charge in [0.1, 0.15) is 0 Å². The molecular weight excluding hydrogens is 342 g/mol. The second-order valence-corrected chi connectivity index (χ2v) is 7.38. The minimum absolute atomic E-state index is 0.150. The van der Waals surface area contributed by atoms with Gasteiger partial charge in [-0.1, -0.05) is 24.3 Å². The summed E-state index contributed by atoms with van der Waals surface area (Å²) in [7, 11) is 0. The largest absolute Gasteiger partial charge is 0.381 e. The first-order valence-corrected chi connectivity index (χ1v) is 9.35. The molecule has 2 aromatic carbocycles. The summed E-state index contributed by atoms with van der Waals surface area (Å²) in [6.45, 7) is 9.55. The molecule has 0 spiro atoms. The molecule has 0 bridgehead atoms. The molecule has 0 aliphatic carbocycles. The highest BCUT2D eigenvalue weighted by molar-refractivity contribution is 5.53. The van der Waals surface area contributed by atoms with Crippen molar-refractivity contribution in [1.29, 1.82) is 0 Å². The summed E-state index contributed by atoms with van der Waals surface area (Å²) in [5, 5.41) is 14.2. The number of anilines is 1. The predicted octanol–water partition coefficient (Wildman–Crippen LogP) is 4.12. The van der Waals surface area contributed by atoms with Gasteiger partial charge in [-0.2, -0.15) is 0 Å². The van der Waals surface area contributed by atoms with E-state index in [1.165, 1.54) is 11.1 Å². The Balaban J connectivity index is 1.55. The number of nitro groups is 1. The molecule has 1 N–H and O–H groups in total. The molecule has 1 fully saturated rings. The molecule has 0 saturated carbocycles. The molecule has 1 aliphatic heterocycles. The van der Waals surface area contributed by atoms with E-state index in [-0.39, 0.29) is 22.8 Å². The SMILES string of the molecule is Cc1cc(NCc2ccc(CN3CC(C)OC(C)C3)cc2)ccc1[N+](=O)[O-]. The molecule has 6 heteroatoms. The lowest BCUT2D eigenvalue weighted by molar-refractivity contribution is -0.385. The van der Waals surface area contributed by atoms with Crippen LogP contribution < -0.4 is 5.32 Å². The van der Waals surface area contributed by atoms with Gasteiger partial charge in [-0.05, 0) is 44.0 Å². The number of rotatable bonds is 6. The molecule has 1 heterocycles. The fourth-order valence-electron chi connectivity index (χ4n) is 3.61. The average molecular weight is 369 g/mol. The minimum atomic E-state index is -0.353. The van der Waals surface area contributed by atoms with Crippen LogP contribution in [0.5, 0.6) is 0 Å². The summed E-state index contributed by atoms with van der Waals surface area (Å²) in [6, 6.07) is 13.7. The number of aryl methyl sites for hydroxylation is 1. The van der Waals surface area contributed by atoms with E-state index in [0.29, 0.717) is 12.1 Å². The second kappa shape index (κ2) is 8.50. The van der Waals surface area contributed by atoms with Crippen molar-refractivity contribution >= 4 is 11.4 Å². The number of nitrogens with zero attached hydrogens (tertiary/aromatic N) is 2. The molecule has 144 valence electrons. The highest BCUT2D eigenvalue weighted by Gasteiger charge is 2.21. The van der Waals surface area contributed by atoms with Crippen molar-refractivity contribution in [2.75, 3.05) is 18.4 Å². The number of nitro benzene ring substituents is 1. The van der Waals surface area contributed by atoms with Gasteiger partial charge < -0.3 is 10.1 Å². The van der Waals surface area contributed by atoms with E-state index < -0.39 is 0 Å². The maximum atomic E-state index is 10.9. The Morgan fingerprint density at radius 2 is 1.74 bits per heavy atom. The van der Waals surface area contributed by atoms with E-state index in [2.05, 4.69) is 48.3 Å². The first kappa shape index (κ1) is 19.3. The molecule has 2 aromatic rings. The Morgan fingerprint density at radius 1 is 1.11 bits per heavy atom. The van der Waals surface area contributed by atoms with Crippen molar-refractivity contribution in [2.24, 2.45) is 0 Å². The summed E-state index contributed by atoms with van der Waals surface area (Å²) in [4.78, 5) is 13.0. The third-order valence-electron chi connectivity index (χ3n) is 4.81. The quantitative estimate of drug-likeness (QED) is 0.613. The van der Waals surface area contributed by atoms with Gasteiger partial charge in [0.05, 0.1) is 17.1 Å². The van der Waals surface area contributed by atoms with Crippen LogP contribution in [0, 0.1) is 17.0 Å². The van der Waals surface area contributed by atoms with Gasteiger partial charge in [0, 0.05) is 43.5 Å². The Bertz CT molecular complexity index is 782. The number of hydrogen-bond donors (Lipinski definition) is 1. The highest BCUT2D eigenvalue weighted by Crippen LogP contribution is 2.22. The minimum Gasteiger partial charge on any atom is -0.381 e. The van der Waals surface area contributed by atoms with Crippen molar-refractivity contribution in [2.45, 2.75) is 46.1 Å². The lowest BCUT2D eigenvalue weighted by Gasteiger charge is -2.35. The van der Waals surface area contributed by atoms with Crippen LogP contribution in [-0.4, -0.2) is 35.1 Å². The van der Waals surface area contributed by atoms with Crippen molar-refractivity contribution in [3.8, 4) is 0 Å². The van der Waals surface area contributed by atoms with Crippen LogP contribution in [0.4, 0.5) is 11.4 Å². The summed E-state index contributed by atoms with van der Waals surface area (Å²) in [5.41, 5.74) is 4.18. The smallest absolute Gasteiger partial charge is 0.272 e. The number of hydrogen-bond acceptors (Lipinski definition) is 5. The van der Waals surface area contributed by atoms with Crippen LogP contribution in [0.2, 0.25) is 0 Å². The maximum Gasteiger partial charge on any atom is 0.272 e. The predicted molar refractivity (Wildman–Crippen MR) is 107 cm³/mol. The molecule has 1 aliphatic rings. The van der Waals surface area contributed by atoms with Crippen LogP contribution in [0.1, 0.15) is 30.5 Å². The molecule has 2 unspecified atom stereocenters. The second-order valence-electron chi connectivity index (χ2n) is 7.38. The highest BCUT2D eigenvalue weighted by atomic mass is 16.6. The molecule has 27 heavy (non-hydrogen) atoms. The summed E-state index contributed by atoms with van der Waals surface area (Å²) in [6.07, 6.45) is 0.560. The molecule has 3 rings (SSSR count). The summed E-state index contributed by atoms with van der Waals surface area (Å²) in [5.74, 6) is 0. The van der Waals surface area contributed by atoms with Crippen LogP contribution in [0.15, 0.2) is 42.5 Å². The number of benzene rings is 2. The van der Waals surface area contributed by atoms with Crippen molar-refractivity contribution in [3.05, 3.63) is 69.3 Å². The average Bonchev–Trinajstić information content (AvgIpc) is 2.60. The van der Waals surface area contributed by atoms with Gasteiger partial charge >= 0.3 is 0 Å². The van der Waals surface area contributed by atoms with Gasteiger partial charge in [-0.25, -0.2) is 0 Å². The summed E-state index contributed by atoms with van der Waals surface area (Å²) < 4.78 is 5.79. The molecule has 0 amide bonds. The van der Waals surface area contributed by atoms with Crippen molar-refractivity contribution < 1.29 is 9.66 Å².